The van der Waals surface area contributed by atoms with E-state index in [1.54, 1.807) is 6.33 Å². The summed E-state index contributed by atoms with van der Waals surface area (Å²) < 4.78 is 0. The Bertz CT molecular complexity index is 543. The molecule has 1 aromatic carbocycles. The van der Waals surface area contributed by atoms with Gasteiger partial charge in [0.05, 0.1) is 17.4 Å². The van der Waals surface area contributed by atoms with Gasteiger partial charge in [0.1, 0.15) is 0 Å². The van der Waals surface area contributed by atoms with Crippen LogP contribution in [0, 0.1) is 0 Å². The van der Waals surface area contributed by atoms with Gasteiger partial charge in [-0.25, -0.2) is 4.98 Å². The first-order valence-corrected chi connectivity index (χ1v) is 6.53. The van der Waals surface area contributed by atoms with Crippen LogP contribution >= 0.6 is 0 Å². The summed E-state index contributed by atoms with van der Waals surface area (Å²) in [6.07, 6.45) is 2.92. The second kappa shape index (κ2) is 4.37. The van der Waals surface area contributed by atoms with Gasteiger partial charge in [0, 0.05) is 24.7 Å². The molecule has 0 saturated carbocycles. The van der Waals surface area contributed by atoms with Crippen molar-refractivity contribution in [2.75, 3.05) is 6.54 Å². The molecule has 1 aromatic heterocycles. The molecule has 1 fully saturated rings. The average molecular weight is 244 g/mol. The highest BCUT2D eigenvalue weighted by molar-refractivity contribution is 5.74. The molecule has 1 unspecified atom stereocenters. The van der Waals surface area contributed by atoms with Crippen LogP contribution in [0.25, 0.3) is 11.0 Å². The third-order valence-electron chi connectivity index (χ3n) is 3.66. The van der Waals surface area contributed by atoms with Crippen LogP contribution in [0.4, 0.5) is 0 Å². The Morgan fingerprint density at radius 2 is 2.33 bits per heavy atom. The second-order valence-electron chi connectivity index (χ2n) is 5.80. The van der Waals surface area contributed by atoms with Gasteiger partial charge in [-0.05, 0) is 38.0 Å². The Balaban J connectivity index is 1.63. The molecule has 0 spiro atoms. The molecular formula is C14H20N4. The third kappa shape index (κ3) is 2.40. The number of H-pyrrole nitrogens is 1. The van der Waals surface area contributed by atoms with Crippen molar-refractivity contribution in [3.8, 4) is 0 Å². The number of benzene rings is 1. The smallest absolute Gasteiger partial charge is 0.0931 e. The van der Waals surface area contributed by atoms with Crippen LogP contribution in [0.2, 0.25) is 0 Å². The monoisotopic (exact) mass is 244 g/mol. The fourth-order valence-corrected chi connectivity index (χ4v) is 2.66. The molecule has 0 radical (unpaired) electrons. The van der Waals surface area contributed by atoms with Gasteiger partial charge in [0.15, 0.2) is 0 Å². The topological polar surface area (TPSA) is 52.7 Å². The molecule has 1 aliphatic rings. The Morgan fingerprint density at radius 3 is 3.11 bits per heavy atom. The first-order valence-electron chi connectivity index (χ1n) is 6.53. The molecule has 1 atom stereocenters. The van der Waals surface area contributed by atoms with Gasteiger partial charge >= 0.3 is 0 Å². The maximum atomic E-state index is 4.23. The molecule has 3 N–H and O–H groups in total. The van der Waals surface area contributed by atoms with Crippen molar-refractivity contribution in [1.29, 1.82) is 0 Å². The molecule has 4 heteroatoms. The number of rotatable bonds is 3. The number of aromatic nitrogens is 2. The minimum absolute atomic E-state index is 0.269. The van der Waals surface area contributed by atoms with E-state index in [2.05, 4.69) is 52.6 Å². The summed E-state index contributed by atoms with van der Waals surface area (Å²) in [7, 11) is 0. The van der Waals surface area contributed by atoms with Crippen molar-refractivity contribution < 1.29 is 0 Å². The summed E-state index contributed by atoms with van der Waals surface area (Å²) in [5.74, 6) is 0. The SMILES string of the molecule is CC1(C)CC(NCc2ccc3nc[nH]c3c2)CN1. The van der Waals surface area contributed by atoms with E-state index < -0.39 is 0 Å². The summed E-state index contributed by atoms with van der Waals surface area (Å²) in [5.41, 5.74) is 3.71. The first kappa shape index (κ1) is 11.7. The average Bonchev–Trinajstić information content (AvgIpc) is 2.92. The number of imidazole rings is 1. The molecule has 0 aliphatic carbocycles. The van der Waals surface area contributed by atoms with E-state index in [1.807, 2.05) is 0 Å². The molecule has 18 heavy (non-hydrogen) atoms. The van der Waals surface area contributed by atoms with Crippen LogP contribution < -0.4 is 10.6 Å². The molecule has 1 aliphatic heterocycles. The van der Waals surface area contributed by atoms with E-state index in [1.165, 1.54) is 12.0 Å². The quantitative estimate of drug-likeness (QED) is 0.771. The minimum Gasteiger partial charge on any atom is -0.345 e. The van der Waals surface area contributed by atoms with E-state index in [9.17, 15) is 0 Å². The summed E-state index contributed by atoms with van der Waals surface area (Å²) in [6, 6.07) is 6.95. The van der Waals surface area contributed by atoms with Crippen LogP contribution in [0.5, 0.6) is 0 Å². The Hall–Kier alpha value is -1.39. The number of nitrogens with zero attached hydrogens (tertiary/aromatic N) is 1. The standard InChI is InChI=1S/C14H20N4/c1-14(2)6-11(8-18-14)15-7-10-3-4-12-13(5-10)17-9-16-12/h3-5,9,11,15,18H,6-8H2,1-2H3,(H,16,17). The number of aromatic amines is 1. The number of hydrogen-bond donors (Lipinski definition) is 3. The normalized spacial score (nSPS) is 22.7. The molecule has 0 bridgehead atoms. The van der Waals surface area contributed by atoms with E-state index >= 15 is 0 Å². The molecule has 2 aromatic rings. The third-order valence-corrected chi connectivity index (χ3v) is 3.66. The predicted molar refractivity (Wildman–Crippen MR) is 73.4 cm³/mol. The number of hydrogen-bond acceptors (Lipinski definition) is 3. The Morgan fingerprint density at radius 1 is 1.44 bits per heavy atom. The summed E-state index contributed by atoms with van der Waals surface area (Å²) in [5, 5.41) is 7.14. The fraction of sp³-hybridized carbons (Fsp3) is 0.500. The highest BCUT2D eigenvalue weighted by Crippen LogP contribution is 2.18. The largest absolute Gasteiger partial charge is 0.345 e. The van der Waals surface area contributed by atoms with Crippen molar-refractivity contribution in [2.24, 2.45) is 0 Å². The predicted octanol–water partition coefficient (Wildman–Crippen LogP) is 1.79. The van der Waals surface area contributed by atoms with E-state index in [0.29, 0.717) is 6.04 Å². The van der Waals surface area contributed by atoms with Gasteiger partial charge < -0.3 is 15.6 Å². The van der Waals surface area contributed by atoms with Crippen LogP contribution in [0.1, 0.15) is 25.8 Å². The summed E-state index contributed by atoms with van der Waals surface area (Å²) in [6.45, 7) is 6.48. The van der Waals surface area contributed by atoms with Crippen molar-refractivity contribution in [1.82, 2.24) is 20.6 Å². The first-order chi connectivity index (χ1) is 8.62. The lowest BCUT2D eigenvalue weighted by Gasteiger charge is -2.17. The van der Waals surface area contributed by atoms with Crippen molar-refractivity contribution >= 4 is 11.0 Å². The minimum atomic E-state index is 0.269. The van der Waals surface area contributed by atoms with Crippen molar-refractivity contribution in [3.05, 3.63) is 30.1 Å². The number of fused-ring (bicyclic) bond motifs is 1. The second-order valence-corrected chi connectivity index (χ2v) is 5.80. The van der Waals surface area contributed by atoms with E-state index in [-0.39, 0.29) is 5.54 Å². The zero-order valence-electron chi connectivity index (χ0n) is 11.0. The van der Waals surface area contributed by atoms with E-state index in [4.69, 9.17) is 0 Å². The highest BCUT2D eigenvalue weighted by atomic mass is 15.1. The van der Waals surface area contributed by atoms with E-state index in [0.717, 1.165) is 24.1 Å². The highest BCUT2D eigenvalue weighted by Gasteiger charge is 2.29. The maximum absolute atomic E-state index is 4.23. The summed E-state index contributed by atoms with van der Waals surface area (Å²) >= 11 is 0. The van der Waals surface area contributed by atoms with Gasteiger partial charge in [-0.1, -0.05) is 6.07 Å². The summed E-state index contributed by atoms with van der Waals surface area (Å²) in [4.78, 5) is 7.38. The van der Waals surface area contributed by atoms with Crippen molar-refractivity contribution in [2.45, 2.75) is 38.4 Å². The van der Waals surface area contributed by atoms with Gasteiger partial charge in [0.2, 0.25) is 0 Å². The molecule has 3 rings (SSSR count). The lowest BCUT2D eigenvalue weighted by molar-refractivity contribution is 0.442. The van der Waals surface area contributed by atoms with Gasteiger partial charge in [-0.3, -0.25) is 0 Å². The Labute approximate surface area is 107 Å². The van der Waals surface area contributed by atoms with Crippen LogP contribution in [0.3, 0.4) is 0 Å². The lowest BCUT2D eigenvalue weighted by atomic mass is 10.0. The molecule has 1 saturated heterocycles. The molecule has 2 heterocycles. The van der Waals surface area contributed by atoms with Crippen molar-refractivity contribution in [3.63, 3.8) is 0 Å². The molecule has 0 amide bonds. The van der Waals surface area contributed by atoms with Gasteiger partial charge in [0.25, 0.3) is 0 Å². The van der Waals surface area contributed by atoms with Crippen LogP contribution in [0.15, 0.2) is 24.5 Å². The Kier molecular flexibility index (Phi) is 2.84. The number of nitrogens with one attached hydrogen (secondary N) is 3. The molecule has 96 valence electrons. The van der Waals surface area contributed by atoms with Gasteiger partial charge in [-0.2, -0.15) is 0 Å². The van der Waals surface area contributed by atoms with Gasteiger partial charge in [-0.15, -0.1) is 0 Å². The lowest BCUT2D eigenvalue weighted by Crippen LogP contribution is -2.31. The van der Waals surface area contributed by atoms with Crippen LogP contribution in [-0.4, -0.2) is 28.1 Å². The fourth-order valence-electron chi connectivity index (χ4n) is 2.66. The zero-order chi connectivity index (χ0) is 12.6. The van der Waals surface area contributed by atoms with Crippen LogP contribution in [-0.2, 0) is 6.54 Å². The maximum Gasteiger partial charge on any atom is 0.0931 e. The molecular weight excluding hydrogens is 224 g/mol. The molecule has 4 nitrogen and oxygen atoms in total. The zero-order valence-corrected chi connectivity index (χ0v) is 11.0.